The zero-order valence-corrected chi connectivity index (χ0v) is 17.1. The maximum Gasteiger partial charge on any atom is 0.242 e. The molecule has 3 N–H and O–H groups in total. The number of nitrogens with zero attached hydrogens (tertiary/aromatic N) is 1. The lowest BCUT2D eigenvalue weighted by atomic mass is 9.83. The molecule has 2 aromatic rings. The summed E-state index contributed by atoms with van der Waals surface area (Å²) in [5, 5.41) is 11.1. The van der Waals surface area contributed by atoms with Crippen molar-refractivity contribution in [2.75, 3.05) is 19.8 Å². The van der Waals surface area contributed by atoms with E-state index in [1.165, 1.54) is 0 Å². The van der Waals surface area contributed by atoms with Crippen molar-refractivity contribution in [3.05, 3.63) is 64.7 Å². The Balaban J connectivity index is 1.69. The molecule has 0 saturated carbocycles. The molecular formula is C22H26ClN3O3. The van der Waals surface area contributed by atoms with Gasteiger partial charge in [0.05, 0.1) is 12.1 Å². The monoisotopic (exact) mass is 415 g/mol. The number of hydrazine groups is 1. The summed E-state index contributed by atoms with van der Waals surface area (Å²) in [5.74, 6) is 0.197. The van der Waals surface area contributed by atoms with Crippen LogP contribution >= 0.6 is 11.6 Å². The molecule has 0 spiro atoms. The topological polar surface area (TPSA) is 73.8 Å². The van der Waals surface area contributed by atoms with Crippen molar-refractivity contribution in [2.45, 2.75) is 31.5 Å². The first-order valence-corrected chi connectivity index (χ1v) is 10.4. The fourth-order valence-corrected chi connectivity index (χ4v) is 4.74. The number of phenolic OH excluding ortho intramolecular Hbond substituents is 1. The van der Waals surface area contributed by atoms with Gasteiger partial charge in [-0.1, -0.05) is 41.9 Å². The number of benzene rings is 2. The fraction of sp³-hybridized carbons (Fsp3) is 0.409. The molecule has 0 bridgehead atoms. The number of nitrogens with one attached hydrogen (secondary N) is 2. The molecule has 4 atom stereocenters. The summed E-state index contributed by atoms with van der Waals surface area (Å²) in [4.78, 5) is 15.2. The Kier molecular flexibility index (Phi) is 6.06. The molecule has 7 heteroatoms. The molecule has 2 aromatic carbocycles. The molecule has 154 valence electrons. The van der Waals surface area contributed by atoms with Gasteiger partial charge in [-0.05, 0) is 37.1 Å². The number of likely N-dealkylation sites (tertiary alicyclic amines) is 1. The van der Waals surface area contributed by atoms with Gasteiger partial charge in [0.1, 0.15) is 11.8 Å². The largest absolute Gasteiger partial charge is 0.508 e. The minimum atomic E-state index is -0.365. The van der Waals surface area contributed by atoms with Crippen molar-refractivity contribution < 1.29 is 14.6 Å². The quantitative estimate of drug-likeness (QED) is 0.605. The van der Waals surface area contributed by atoms with Crippen LogP contribution in [0.4, 0.5) is 0 Å². The van der Waals surface area contributed by atoms with Crippen LogP contribution in [0.25, 0.3) is 0 Å². The van der Waals surface area contributed by atoms with Gasteiger partial charge in [0, 0.05) is 36.3 Å². The Hall–Kier alpha value is -2.12. The smallest absolute Gasteiger partial charge is 0.242 e. The molecule has 0 aromatic heterocycles. The van der Waals surface area contributed by atoms with E-state index in [0.29, 0.717) is 24.8 Å². The highest BCUT2D eigenvalue weighted by Crippen LogP contribution is 2.48. The van der Waals surface area contributed by atoms with E-state index in [1.54, 1.807) is 12.1 Å². The van der Waals surface area contributed by atoms with Crippen LogP contribution in [0, 0.1) is 5.92 Å². The molecule has 4 rings (SSSR count). The number of hydrogen-bond donors (Lipinski definition) is 3. The highest BCUT2D eigenvalue weighted by Gasteiger charge is 2.55. The third kappa shape index (κ3) is 3.85. The molecule has 29 heavy (non-hydrogen) atoms. The van der Waals surface area contributed by atoms with E-state index in [9.17, 15) is 9.90 Å². The van der Waals surface area contributed by atoms with Gasteiger partial charge in [-0.3, -0.25) is 4.79 Å². The predicted octanol–water partition coefficient (Wildman–Crippen LogP) is 3.19. The van der Waals surface area contributed by atoms with Crippen molar-refractivity contribution in [2.24, 2.45) is 5.92 Å². The lowest BCUT2D eigenvalue weighted by Gasteiger charge is -2.31. The average molecular weight is 416 g/mol. The second-order valence-electron chi connectivity index (χ2n) is 7.46. The van der Waals surface area contributed by atoms with Crippen LogP contribution in [0.15, 0.2) is 48.5 Å². The summed E-state index contributed by atoms with van der Waals surface area (Å²) in [6.07, 6.45) is 0.769. The maximum atomic E-state index is 13.3. The Labute approximate surface area is 175 Å². The summed E-state index contributed by atoms with van der Waals surface area (Å²) in [6.45, 7) is 3.86. The molecule has 2 aliphatic heterocycles. The van der Waals surface area contributed by atoms with Crippen molar-refractivity contribution in [1.29, 1.82) is 0 Å². The summed E-state index contributed by atoms with van der Waals surface area (Å²) in [7, 11) is 0. The third-order valence-electron chi connectivity index (χ3n) is 5.77. The van der Waals surface area contributed by atoms with Crippen LogP contribution in [-0.2, 0) is 9.53 Å². The first-order chi connectivity index (χ1) is 14.1. The van der Waals surface area contributed by atoms with Gasteiger partial charge in [-0.25, -0.2) is 10.9 Å². The average Bonchev–Trinajstić information content (AvgIpc) is 3.25. The summed E-state index contributed by atoms with van der Waals surface area (Å²) >= 11 is 6.28. The molecule has 0 radical (unpaired) electrons. The zero-order valence-electron chi connectivity index (χ0n) is 16.3. The highest BCUT2D eigenvalue weighted by molar-refractivity contribution is 6.30. The van der Waals surface area contributed by atoms with Crippen LogP contribution in [0.2, 0.25) is 5.02 Å². The van der Waals surface area contributed by atoms with Crippen molar-refractivity contribution in [1.82, 2.24) is 15.8 Å². The van der Waals surface area contributed by atoms with Gasteiger partial charge in [0.15, 0.2) is 0 Å². The number of ether oxygens (including phenoxy) is 1. The van der Waals surface area contributed by atoms with Crippen LogP contribution in [0.5, 0.6) is 5.75 Å². The van der Waals surface area contributed by atoms with E-state index in [4.69, 9.17) is 16.3 Å². The number of amides is 1. The van der Waals surface area contributed by atoms with Gasteiger partial charge in [0.2, 0.25) is 5.91 Å². The fourth-order valence-electron chi connectivity index (χ4n) is 4.54. The molecule has 0 aliphatic carbocycles. The molecule has 1 amide bonds. The number of fused-ring (bicyclic) bond motifs is 1. The Morgan fingerprint density at radius 2 is 1.93 bits per heavy atom. The van der Waals surface area contributed by atoms with Gasteiger partial charge in [-0.2, -0.15) is 0 Å². The predicted molar refractivity (Wildman–Crippen MR) is 111 cm³/mol. The van der Waals surface area contributed by atoms with E-state index < -0.39 is 0 Å². The van der Waals surface area contributed by atoms with E-state index in [0.717, 1.165) is 17.5 Å². The molecule has 2 fully saturated rings. The molecule has 2 saturated heterocycles. The number of halogens is 1. The molecule has 4 unspecified atom stereocenters. The Morgan fingerprint density at radius 1 is 1.14 bits per heavy atom. The van der Waals surface area contributed by atoms with E-state index in [2.05, 4.69) is 10.9 Å². The second kappa shape index (κ2) is 8.71. The van der Waals surface area contributed by atoms with Gasteiger partial charge in [0.25, 0.3) is 0 Å². The first kappa shape index (κ1) is 20.2. The summed E-state index contributed by atoms with van der Waals surface area (Å²) in [5.41, 5.74) is 8.20. The van der Waals surface area contributed by atoms with Crippen molar-refractivity contribution >= 4 is 17.5 Å². The van der Waals surface area contributed by atoms with E-state index in [1.807, 2.05) is 48.2 Å². The van der Waals surface area contributed by atoms with Crippen LogP contribution in [-0.4, -0.2) is 41.7 Å². The molecular weight excluding hydrogens is 390 g/mol. The number of carbonyl (C=O) groups is 1. The second-order valence-corrected chi connectivity index (χ2v) is 7.90. The third-order valence-corrected chi connectivity index (χ3v) is 6.00. The first-order valence-electron chi connectivity index (χ1n) is 10.0. The van der Waals surface area contributed by atoms with Gasteiger partial charge >= 0.3 is 0 Å². The number of rotatable bonds is 7. The molecule has 2 aliphatic rings. The molecule has 6 nitrogen and oxygen atoms in total. The minimum absolute atomic E-state index is 0.0573. The van der Waals surface area contributed by atoms with Crippen molar-refractivity contribution in [3.63, 3.8) is 0 Å². The SMILES string of the molecule is CCOCCCN1C(=O)C2NNC(c3ccccc3O)C2C1c1cccc(Cl)c1. The van der Waals surface area contributed by atoms with E-state index >= 15 is 0 Å². The molecule has 2 heterocycles. The standard InChI is InChI=1S/C22H26ClN3O3/c1-2-29-12-6-11-26-21(14-7-5-8-15(23)13-14)18-19(24-25-20(18)22(26)28)16-9-3-4-10-17(16)27/h3-5,7-10,13,18-21,24-25,27H,2,6,11-12H2,1H3. The lowest BCUT2D eigenvalue weighted by Crippen LogP contribution is -2.41. The number of aromatic hydroxyl groups is 1. The Bertz CT molecular complexity index is 878. The van der Waals surface area contributed by atoms with Gasteiger partial charge < -0.3 is 14.7 Å². The highest BCUT2D eigenvalue weighted by atomic mass is 35.5. The van der Waals surface area contributed by atoms with Crippen LogP contribution in [0.3, 0.4) is 0 Å². The summed E-state index contributed by atoms with van der Waals surface area (Å²) in [6, 6.07) is 14.2. The zero-order chi connectivity index (χ0) is 20.4. The summed E-state index contributed by atoms with van der Waals surface area (Å²) < 4.78 is 5.47. The Morgan fingerprint density at radius 3 is 2.69 bits per heavy atom. The minimum Gasteiger partial charge on any atom is -0.508 e. The van der Waals surface area contributed by atoms with Gasteiger partial charge in [-0.15, -0.1) is 0 Å². The lowest BCUT2D eigenvalue weighted by molar-refractivity contribution is -0.131. The number of hydrogen-bond acceptors (Lipinski definition) is 5. The normalized spacial score (nSPS) is 26.1. The number of phenols is 1. The van der Waals surface area contributed by atoms with Crippen LogP contribution in [0.1, 0.15) is 36.6 Å². The number of para-hydroxylation sites is 1. The van der Waals surface area contributed by atoms with Crippen LogP contribution < -0.4 is 10.9 Å². The number of carbonyl (C=O) groups excluding carboxylic acids is 1. The van der Waals surface area contributed by atoms with Crippen molar-refractivity contribution in [3.8, 4) is 5.75 Å². The maximum absolute atomic E-state index is 13.3. The van der Waals surface area contributed by atoms with E-state index in [-0.39, 0.29) is 35.7 Å².